The summed E-state index contributed by atoms with van der Waals surface area (Å²) >= 11 is 0. The third-order valence-corrected chi connectivity index (χ3v) is 5.59. The van der Waals surface area contributed by atoms with Gasteiger partial charge in [-0.1, -0.05) is 42.5 Å². The molecule has 1 fully saturated rings. The fourth-order valence-corrected chi connectivity index (χ4v) is 3.61. The third-order valence-electron chi connectivity index (χ3n) is 4.48. The number of rotatable bonds is 6. The number of benzene rings is 2. The summed E-state index contributed by atoms with van der Waals surface area (Å²) in [7, 11) is -3.38. The van der Waals surface area contributed by atoms with E-state index in [9.17, 15) is 18.0 Å². The molecule has 0 spiro atoms. The maximum Gasteiger partial charge on any atom is 0.307 e. The molecule has 0 heterocycles. The number of sulfone groups is 1. The fourth-order valence-electron chi connectivity index (χ4n) is 2.94. The van der Waals surface area contributed by atoms with Crippen molar-refractivity contribution in [3.63, 3.8) is 0 Å². The molecule has 0 aromatic heterocycles. The summed E-state index contributed by atoms with van der Waals surface area (Å²) in [6, 6.07) is 15.0. The molecule has 2 aromatic carbocycles. The molecule has 136 valence electrons. The lowest BCUT2D eigenvalue weighted by molar-refractivity contribution is -0.140. The van der Waals surface area contributed by atoms with Crippen LogP contribution in [0.4, 0.5) is 0 Å². The quantitative estimate of drug-likeness (QED) is 0.807. The monoisotopic (exact) mass is 373 g/mol. The van der Waals surface area contributed by atoms with Crippen molar-refractivity contribution < 1.29 is 23.1 Å². The van der Waals surface area contributed by atoms with Crippen LogP contribution >= 0.6 is 0 Å². The molecule has 3 rings (SSSR count). The van der Waals surface area contributed by atoms with E-state index < -0.39 is 33.7 Å². The second-order valence-corrected chi connectivity index (χ2v) is 8.50. The van der Waals surface area contributed by atoms with Crippen LogP contribution in [0.1, 0.15) is 23.6 Å². The highest BCUT2D eigenvalue weighted by Crippen LogP contribution is 2.39. The van der Waals surface area contributed by atoms with Gasteiger partial charge in [-0.2, -0.15) is 0 Å². The molecule has 1 amide bonds. The summed E-state index contributed by atoms with van der Waals surface area (Å²) in [6.07, 6.45) is 1.45. The number of carboxylic acids is 1. The Morgan fingerprint density at radius 2 is 1.69 bits per heavy atom. The Bertz CT molecular complexity index is 939. The molecule has 0 aliphatic heterocycles. The molecular formula is C19H19NO5S. The predicted molar refractivity (Wildman–Crippen MR) is 95.2 cm³/mol. The van der Waals surface area contributed by atoms with E-state index in [1.807, 2.05) is 30.3 Å². The Hall–Kier alpha value is -2.67. The molecule has 6 nitrogen and oxygen atoms in total. The van der Waals surface area contributed by atoms with Crippen molar-refractivity contribution >= 4 is 21.7 Å². The highest BCUT2D eigenvalue weighted by molar-refractivity contribution is 7.90. The van der Waals surface area contributed by atoms with Crippen LogP contribution < -0.4 is 5.32 Å². The van der Waals surface area contributed by atoms with Gasteiger partial charge in [-0.05, 0) is 29.7 Å². The summed E-state index contributed by atoms with van der Waals surface area (Å²) < 4.78 is 23.7. The van der Waals surface area contributed by atoms with Crippen LogP contribution in [0.5, 0.6) is 0 Å². The van der Waals surface area contributed by atoms with Crippen LogP contribution in [0, 0.1) is 11.8 Å². The van der Waals surface area contributed by atoms with Gasteiger partial charge in [0, 0.05) is 6.26 Å². The highest BCUT2D eigenvalue weighted by Gasteiger charge is 2.48. The van der Waals surface area contributed by atoms with E-state index in [1.165, 1.54) is 12.1 Å². The first-order valence-electron chi connectivity index (χ1n) is 8.15. The Morgan fingerprint density at radius 1 is 1.04 bits per heavy atom. The van der Waals surface area contributed by atoms with Crippen molar-refractivity contribution in [1.82, 2.24) is 5.32 Å². The van der Waals surface area contributed by atoms with Gasteiger partial charge in [0.1, 0.15) is 0 Å². The van der Waals surface area contributed by atoms with Gasteiger partial charge in [0.15, 0.2) is 9.84 Å². The van der Waals surface area contributed by atoms with Crippen molar-refractivity contribution in [3.05, 3.63) is 65.7 Å². The van der Waals surface area contributed by atoms with Crippen LogP contribution in [-0.4, -0.2) is 31.7 Å². The molecule has 7 heteroatoms. The second-order valence-electron chi connectivity index (χ2n) is 6.48. The molecule has 2 aromatic rings. The summed E-state index contributed by atoms with van der Waals surface area (Å²) in [6.45, 7) is 0. The summed E-state index contributed by atoms with van der Waals surface area (Å²) in [5.74, 6) is -2.50. The molecule has 26 heavy (non-hydrogen) atoms. The molecule has 0 bridgehead atoms. The average molecular weight is 373 g/mol. The Morgan fingerprint density at radius 3 is 2.27 bits per heavy atom. The first-order chi connectivity index (χ1) is 12.3. The van der Waals surface area contributed by atoms with Gasteiger partial charge < -0.3 is 10.4 Å². The van der Waals surface area contributed by atoms with Crippen LogP contribution in [0.2, 0.25) is 0 Å². The number of hydrogen-bond donors (Lipinski definition) is 2. The summed E-state index contributed by atoms with van der Waals surface area (Å²) in [5, 5.41) is 11.9. The second kappa shape index (κ2) is 6.92. The number of carbonyl (C=O) groups is 2. The zero-order valence-corrected chi connectivity index (χ0v) is 14.9. The molecule has 2 N–H and O–H groups in total. The third kappa shape index (κ3) is 3.94. The Kier molecular flexibility index (Phi) is 4.82. The number of hydrogen-bond acceptors (Lipinski definition) is 4. The van der Waals surface area contributed by atoms with Crippen LogP contribution in [0.3, 0.4) is 0 Å². The first kappa shape index (κ1) is 18.1. The fraction of sp³-hybridized carbons (Fsp3) is 0.263. The molecule has 1 saturated carbocycles. The SMILES string of the molecule is CS(=O)(=O)c1cccc([C@H](NC(=O)[C@@H]2C[C@@H]2C(=O)O)c2ccccc2)c1. The Balaban J connectivity index is 1.93. The lowest BCUT2D eigenvalue weighted by Gasteiger charge is -2.20. The maximum atomic E-state index is 12.5. The van der Waals surface area contributed by atoms with E-state index >= 15 is 0 Å². The lowest BCUT2D eigenvalue weighted by atomic mass is 9.98. The van der Waals surface area contributed by atoms with Crippen molar-refractivity contribution in [2.45, 2.75) is 17.4 Å². The zero-order valence-electron chi connectivity index (χ0n) is 14.1. The first-order valence-corrected chi connectivity index (χ1v) is 10.0. The van der Waals surface area contributed by atoms with Gasteiger partial charge in [-0.25, -0.2) is 8.42 Å². The van der Waals surface area contributed by atoms with Gasteiger partial charge in [0.2, 0.25) is 5.91 Å². The number of carbonyl (C=O) groups excluding carboxylic acids is 1. The summed E-state index contributed by atoms with van der Waals surface area (Å²) in [4.78, 5) is 23.6. The molecule has 0 saturated heterocycles. The molecule has 0 radical (unpaired) electrons. The van der Waals surface area contributed by atoms with E-state index in [-0.39, 0.29) is 10.8 Å². The highest BCUT2D eigenvalue weighted by atomic mass is 32.2. The largest absolute Gasteiger partial charge is 0.481 e. The minimum Gasteiger partial charge on any atom is -0.481 e. The molecule has 3 atom stereocenters. The number of aliphatic carboxylic acids is 1. The van der Waals surface area contributed by atoms with Gasteiger partial charge in [0.05, 0.1) is 22.8 Å². The van der Waals surface area contributed by atoms with E-state index in [0.29, 0.717) is 12.0 Å². The van der Waals surface area contributed by atoms with Crippen LogP contribution in [-0.2, 0) is 19.4 Å². The van der Waals surface area contributed by atoms with E-state index in [0.717, 1.165) is 11.8 Å². The van der Waals surface area contributed by atoms with Gasteiger partial charge >= 0.3 is 5.97 Å². The van der Waals surface area contributed by atoms with Crippen molar-refractivity contribution in [2.24, 2.45) is 11.8 Å². The van der Waals surface area contributed by atoms with Gasteiger partial charge in [0.25, 0.3) is 0 Å². The summed E-state index contributed by atoms with van der Waals surface area (Å²) in [5.41, 5.74) is 1.42. The number of amides is 1. The van der Waals surface area contributed by atoms with E-state index in [2.05, 4.69) is 5.32 Å². The van der Waals surface area contributed by atoms with Crippen molar-refractivity contribution in [1.29, 1.82) is 0 Å². The normalized spacial score (nSPS) is 20.2. The van der Waals surface area contributed by atoms with Gasteiger partial charge in [-0.15, -0.1) is 0 Å². The minimum atomic E-state index is -3.38. The van der Waals surface area contributed by atoms with Crippen LogP contribution in [0.15, 0.2) is 59.5 Å². The minimum absolute atomic E-state index is 0.167. The smallest absolute Gasteiger partial charge is 0.307 e. The van der Waals surface area contributed by atoms with Crippen LogP contribution in [0.25, 0.3) is 0 Å². The van der Waals surface area contributed by atoms with E-state index in [4.69, 9.17) is 5.11 Å². The molecule has 0 unspecified atom stereocenters. The van der Waals surface area contributed by atoms with Crippen molar-refractivity contribution in [2.75, 3.05) is 6.26 Å². The average Bonchev–Trinajstić information content (AvgIpc) is 3.41. The topological polar surface area (TPSA) is 101 Å². The lowest BCUT2D eigenvalue weighted by Crippen LogP contribution is -2.31. The maximum absolute atomic E-state index is 12.5. The molecule has 1 aliphatic carbocycles. The molecular weight excluding hydrogens is 354 g/mol. The van der Waals surface area contributed by atoms with Crippen molar-refractivity contribution in [3.8, 4) is 0 Å². The Labute approximate surface area is 151 Å². The van der Waals surface area contributed by atoms with E-state index in [1.54, 1.807) is 12.1 Å². The predicted octanol–water partition coefficient (Wildman–Crippen LogP) is 2.02. The number of carboxylic acid groups (broad SMARTS) is 1. The standard InChI is InChI=1S/C19H19NO5S/c1-26(24,25)14-9-5-8-13(10-14)17(12-6-3-2-4-7-12)20-18(21)15-11-16(15)19(22)23/h2-10,15-17H,11H2,1H3,(H,20,21)(H,22,23)/t15-,16+,17-/m1/s1. The van der Waals surface area contributed by atoms with Gasteiger partial charge in [-0.3, -0.25) is 9.59 Å². The number of nitrogens with one attached hydrogen (secondary N) is 1. The zero-order chi connectivity index (χ0) is 18.9. The molecule has 1 aliphatic rings.